The third kappa shape index (κ3) is 2.11. The molecule has 0 aromatic carbocycles. The topological polar surface area (TPSA) is 29.0 Å². The summed E-state index contributed by atoms with van der Waals surface area (Å²) < 4.78 is 3.60. The van der Waals surface area contributed by atoms with Gasteiger partial charge in [-0.15, -0.1) is 0 Å². The Hall–Kier alpha value is -0.350. The van der Waals surface area contributed by atoms with Gasteiger partial charge >= 0.3 is 0 Å². The van der Waals surface area contributed by atoms with Crippen molar-refractivity contribution < 1.29 is 26.7 Å². The van der Waals surface area contributed by atoms with E-state index in [1.54, 1.807) is 11.5 Å². The molecule has 0 aliphatic carbocycles. The van der Waals surface area contributed by atoms with E-state index in [2.05, 4.69) is 0 Å². The molecule has 1 atom stereocenters. The van der Waals surface area contributed by atoms with Gasteiger partial charge in [-0.2, -0.15) is 0 Å². The zero-order valence-electron chi connectivity index (χ0n) is 6.03. The maximum absolute atomic E-state index is 8.99. The zero-order valence-corrected chi connectivity index (χ0v) is 7.62. The van der Waals surface area contributed by atoms with E-state index in [4.69, 9.17) is 5.11 Å². The average molecular weight is 207 g/mol. The van der Waals surface area contributed by atoms with Gasteiger partial charge in [-0.3, -0.25) is 0 Å². The summed E-state index contributed by atoms with van der Waals surface area (Å²) in [5, 5.41) is 8.99. The lowest BCUT2D eigenvalue weighted by molar-refractivity contribution is -0.755. The molecule has 1 heterocycles. The number of nitrogens with zero attached hydrogens (tertiary/aromatic N) is 2. The molecule has 0 fully saturated rings. The first-order valence-corrected chi connectivity index (χ1v) is 2.91. The molecule has 1 rings (SSSR count). The molecule has 1 N–H and O–H groups in total. The van der Waals surface area contributed by atoms with Gasteiger partial charge in [-0.25, -0.2) is 9.13 Å². The van der Waals surface area contributed by atoms with Gasteiger partial charge in [0.05, 0.1) is 7.05 Å². The summed E-state index contributed by atoms with van der Waals surface area (Å²) in [6, 6.07) is 0. The van der Waals surface area contributed by atoms with E-state index in [1.807, 2.05) is 30.3 Å². The lowest BCUT2D eigenvalue weighted by atomic mass is 10.6. The van der Waals surface area contributed by atoms with Crippen LogP contribution in [0.4, 0.5) is 0 Å². The first-order valence-electron chi connectivity index (χ1n) is 2.91. The molecule has 3 nitrogen and oxygen atoms in total. The largest absolute Gasteiger partial charge is 1.00 e. The maximum Gasteiger partial charge on any atom is 0.245 e. The lowest BCUT2D eigenvalue weighted by Gasteiger charge is -1.94. The highest BCUT2D eigenvalue weighted by Crippen LogP contribution is 1.85. The molecule has 1 aromatic rings. The van der Waals surface area contributed by atoms with Crippen LogP contribution in [0.5, 0.6) is 0 Å². The van der Waals surface area contributed by atoms with Crippen LogP contribution in [0.2, 0.25) is 0 Å². The Morgan fingerprint density at radius 3 is 2.40 bits per heavy atom. The first kappa shape index (κ1) is 9.65. The van der Waals surface area contributed by atoms with Crippen molar-refractivity contribution in [1.82, 2.24) is 4.57 Å². The highest BCUT2D eigenvalue weighted by Gasteiger charge is 2.03. The van der Waals surface area contributed by atoms with Crippen molar-refractivity contribution in [3.63, 3.8) is 0 Å². The normalized spacial score (nSPS) is 12.3. The summed E-state index contributed by atoms with van der Waals surface area (Å²) >= 11 is 0. The summed E-state index contributed by atoms with van der Waals surface area (Å²) in [6.45, 7) is 1.72. The van der Waals surface area contributed by atoms with Gasteiger partial charge in [0.1, 0.15) is 12.4 Å². The molecule has 0 spiro atoms. The van der Waals surface area contributed by atoms with E-state index in [9.17, 15) is 0 Å². The molecular formula is C6H11BrN2O. The second-order valence-electron chi connectivity index (χ2n) is 2.16. The number of aliphatic hydroxyl groups excluding tert-OH is 1. The zero-order chi connectivity index (χ0) is 6.85. The number of halogens is 1. The van der Waals surface area contributed by atoms with Crippen LogP contribution in [0.1, 0.15) is 13.2 Å². The molecule has 0 aliphatic heterocycles. The first-order chi connectivity index (χ1) is 4.20. The Morgan fingerprint density at radius 2 is 2.20 bits per heavy atom. The number of aryl methyl sites for hydroxylation is 1. The standard InChI is InChI=1S/C6H11N2O.BrH/c1-6(9)8-4-3-7(2)5-8;/h3-6,9H,1-2H3;1H/q+1;/p-1. The molecule has 0 amide bonds. The van der Waals surface area contributed by atoms with E-state index in [0.717, 1.165) is 0 Å². The van der Waals surface area contributed by atoms with Gasteiger partial charge in [0.2, 0.25) is 6.33 Å². The molecular weight excluding hydrogens is 196 g/mol. The van der Waals surface area contributed by atoms with E-state index < -0.39 is 6.23 Å². The van der Waals surface area contributed by atoms with Crippen molar-refractivity contribution >= 4 is 0 Å². The maximum atomic E-state index is 8.99. The predicted octanol–water partition coefficient (Wildman–Crippen LogP) is -3.17. The average Bonchev–Trinajstić information content (AvgIpc) is 2.14. The second kappa shape index (κ2) is 3.73. The van der Waals surface area contributed by atoms with Crippen molar-refractivity contribution in [2.24, 2.45) is 7.05 Å². The smallest absolute Gasteiger partial charge is 0.245 e. The summed E-state index contributed by atoms with van der Waals surface area (Å²) in [5.74, 6) is 0. The third-order valence-electron chi connectivity index (χ3n) is 1.22. The van der Waals surface area contributed by atoms with Crippen molar-refractivity contribution in [2.75, 3.05) is 0 Å². The third-order valence-corrected chi connectivity index (χ3v) is 1.22. The Labute approximate surface area is 70.7 Å². The van der Waals surface area contributed by atoms with Crippen molar-refractivity contribution in [3.05, 3.63) is 18.7 Å². The van der Waals surface area contributed by atoms with Gasteiger partial charge < -0.3 is 22.1 Å². The van der Waals surface area contributed by atoms with Crippen LogP contribution in [0.25, 0.3) is 0 Å². The summed E-state index contributed by atoms with van der Waals surface area (Å²) in [7, 11) is 1.92. The number of aromatic nitrogens is 2. The molecule has 1 aromatic heterocycles. The minimum absolute atomic E-state index is 0. The molecule has 10 heavy (non-hydrogen) atoms. The molecule has 0 saturated carbocycles. The molecule has 58 valence electrons. The van der Waals surface area contributed by atoms with Gasteiger partial charge in [-0.1, -0.05) is 0 Å². The van der Waals surface area contributed by atoms with Crippen LogP contribution in [0.3, 0.4) is 0 Å². The fourth-order valence-electron chi connectivity index (χ4n) is 0.690. The van der Waals surface area contributed by atoms with Crippen LogP contribution in [0.15, 0.2) is 18.7 Å². The van der Waals surface area contributed by atoms with E-state index in [1.165, 1.54) is 0 Å². The Balaban J connectivity index is 0.000000810. The fraction of sp³-hybridized carbons (Fsp3) is 0.500. The highest BCUT2D eigenvalue weighted by atomic mass is 79.9. The second-order valence-corrected chi connectivity index (χ2v) is 2.16. The Bertz CT molecular complexity index is 197. The quantitative estimate of drug-likeness (QED) is 0.483. The Morgan fingerprint density at radius 1 is 1.60 bits per heavy atom. The van der Waals surface area contributed by atoms with Crippen molar-refractivity contribution in [1.29, 1.82) is 0 Å². The number of hydrogen-bond acceptors (Lipinski definition) is 1. The van der Waals surface area contributed by atoms with E-state index in [0.29, 0.717) is 0 Å². The van der Waals surface area contributed by atoms with Crippen LogP contribution in [-0.4, -0.2) is 9.67 Å². The van der Waals surface area contributed by atoms with Crippen molar-refractivity contribution in [2.45, 2.75) is 13.2 Å². The summed E-state index contributed by atoms with van der Waals surface area (Å²) in [5.41, 5.74) is 0. The molecule has 4 heteroatoms. The molecule has 0 aliphatic rings. The Kier molecular flexibility index (Phi) is 3.60. The van der Waals surface area contributed by atoms with Crippen LogP contribution in [-0.2, 0) is 7.05 Å². The minimum atomic E-state index is -0.425. The lowest BCUT2D eigenvalue weighted by Crippen LogP contribution is -3.00. The van der Waals surface area contributed by atoms with Gasteiger partial charge in [0.15, 0.2) is 6.23 Å². The molecule has 0 radical (unpaired) electrons. The minimum Gasteiger partial charge on any atom is -1.00 e. The predicted molar refractivity (Wildman–Crippen MR) is 32.5 cm³/mol. The van der Waals surface area contributed by atoms with Gasteiger partial charge in [0.25, 0.3) is 0 Å². The SMILES string of the molecule is CC(O)[n+]1ccn(C)c1.[Br-]. The number of rotatable bonds is 1. The van der Waals surface area contributed by atoms with Crippen LogP contribution < -0.4 is 21.5 Å². The van der Waals surface area contributed by atoms with Gasteiger partial charge in [-0.05, 0) is 0 Å². The monoisotopic (exact) mass is 206 g/mol. The van der Waals surface area contributed by atoms with E-state index in [-0.39, 0.29) is 17.0 Å². The molecule has 0 bridgehead atoms. The summed E-state index contributed by atoms with van der Waals surface area (Å²) in [4.78, 5) is 0. The molecule has 1 unspecified atom stereocenters. The fourth-order valence-corrected chi connectivity index (χ4v) is 0.690. The van der Waals surface area contributed by atoms with E-state index >= 15 is 0 Å². The number of aliphatic hydroxyl groups is 1. The number of hydrogen-bond donors (Lipinski definition) is 1. The van der Waals surface area contributed by atoms with Gasteiger partial charge in [0, 0.05) is 6.92 Å². The van der Waals surface area contributed by atoms with Crippen LogP contribution in [0, 0.1) is 0 Å². The summed E-state index contributed by atoms with van der Waals surface area (Å²) in [6.07, 6.45) is 5.10. The number of imidazole rings is 1. The molecule has 0 saturated heterocycles. The van der Waals surface area contributed by atoms with Crippen LogP contribution >= 0.6 is 0 Å². The van der Waals surface area contributed by atoms with Crippen molar-refractivity contribution in [3.8, 4) is 0 Å². The highest BCUT2D eigenvalue weighted by molar-refractivity contribution is 4.62.